The quantitative estimate of drug-likeness (QED) is 0.249. The van der Waals surface area contributed by atoms with Crippen molar-refractivity contribution >= 4 is 23.3 Å². The van der Waals surface area contributed by atoms with Crippen LogP contribution in [0.5, 0.6) is 0 Å². The minimum Gasteiger partial charge on any atom is -0.409 e. The van der Waals surface area contributed by atoms with E-state index in [1.54, 1.807) is 0 Å². The molecule has 0 radical (unpaired) electrons. The molecule has 1 aromatic heterocycles. The predicted octanol–water partition coefficient (Wildman–Crippen LogP) is 0.959. The number of hydrogen-bond donors (Lipinski definition) is 3. The van der Waals surface area contributed by atoms with Crippen LogP contribution in [0.15, 0.2) is 39.7 Å². The van der Waals surface area contributed by atoms with Gasteiger partial charge in [0.2, 0.25) is 0 Å². The highest BCUT2D eigenvalue weighted by atomic mass is 32.2. The van der Waals surface area contributed by atoms with Gasteiger partial charge in [0.15, 0.2) is 11.0 Å². The molecule has 2 aromatic rings. The van der Waals surface area contributed by atoms with Gasteiger partial charge in [0.25, 0.3) is 5.69 Å². The monoisotopic (exact) mass is 280 g/mol. The molecule has 1 aromatic carbocycles. The SMILES string of the molecule is NC(=NO)c1ccc(Sc2ncn[nH]2)c([N+](=O)[O-])c1. The first kappa shape index (κ1) is 12.8. The van der Waals surface area contributed by atoms with Crippen LogP contribution in [0.1, 0.15) is 5.56 Å². The first-order valence-electron chi connectivity index (χ1n) is 4.91. The van der Waals surface area contributed by atoms with Crippen molar-refractivity contribution in [3.05, 3.63) is 40.2 Å². The van der Waals surface area contributed by atoms with E-state index in [0.717, 1.165) is 11.8 Å². The Bertz CT molecular complexity index is 627. The average molecular weight is 280 g/mol. The maximum atomic E-state index is 11.0. The zero-order chi connectivity index (χ0) is 13.8. The lowest BCUT2D eigenvalue weighted by molar-refractivity contribution is -0.387. The summed E-state index contributed by atoms with van der Waals surface area (Å²) < 4.78 is 0. The fourth-order valence-electron chi connectivity index (χ4n) is 1.31. The summed E-state index contributed by atoms with van der Waals surface area (Å²) in [6, 6.07) is 4.24. The molecule has 0 spiro atoms. The minimum atomic E-state index is -0.549. The van der Waals surface area contributed by atoms with Gasteiger partial charge in [-0.1, -0.05) is 5.16 Å². The fourth-order valence-corrected chi connectivity index (χ4v) is 2.09. The Labute approximate surface area is 110 Å². The number of benzene rings is 1. The fraction of sp³-hybridized carbons (Fsp3) is 0. The molecule has 0 aliphatic heterocycles. The normalized spacial score (nSPS) is 11.5. The third-order valence-electron chi connectivity index (χ3n) is 2.16. The molecule has 0 saturated heterocycles. The molecule has 98 valence electrons. The number of hydrogen-bond acceptors (Lipinski definition) is 7. The van der Waals surface area contributed by atoms with Crippen LogP contribution in [0.25, 0.3) is 0 Å². The smallest absolute Gasteiger partial charge is 0.284 e. The van der Waals surface area contributed by atoms with E-state index >= 15 is 0 Å². The Kier molecular flexibility index (Phi) is 3.61. The summed E-state index contributed by atoms with van der Waals surface area (Å²) in [6.07, 6.45) is 1.30. The molecule has 4 N–H and O–H groups in total. The highest BCUT2D eigenvalue weighted by Crippen LogP contribution is 2.33. The van der Waals surface area contributed by atoms with Gasteiger partial charge in [0.05, 0.1) is 9.82 Å². The Morgan fingerprint density at radius 1 is 1.58 bits per heavy atom. The summed E-state index contributed by atoms with van der Waals surface area (Å²) in [5.74, 6) is -0.195. The summed E-state index contributed by atoms with van der Waals surface area (Å²) in [7, 11) is 0. The van der Waals surface area contributed by atoms with E-state index in [0.29, 0.717) is 10.1 Å². The number of oxime groups is 1. The number of nitrogens with one attached hydrogen (secondary N) is 1. The first-order chi connectivity index (χ1) is 9.11. The van der Waals surface area contributed by atoms with Crippen LogP contribution in [-0.2, 0) is 0 Å². The lowest BCUT2D eigenvalue weighted by Crippen LogP contribution is -2.13. The molecule has 0 unspecified atom stereocenters. The first-order valence-corrected chi connectivity index (χ1v) is 5.73. The second-order valence-corrected chi connectivity index (χ2v) is 4.35. The standard InChI is InChI=1S/C9H8N6O3S/c10-8(14-16)5-1-2-7(6(3-5)15(17)18)19-9-11-4-12-13-9/h1-4,16H,(H2,10,14)(H,11,12,13). The van der Waals surface area contributed by atoms with E-state index < -0.39 is 4.92 Å². The second kappa shape index (κ2) is 5.35. The van der Waals surface area contributed by atoms with E-state index in [2.05, 4.69) is 20.3 Å². The van der Waals surface area contributed by atoms with Crippen LogP contribution in [0.2, 0.25) is 0 Å². The predicted molar refractivity (Wildman–Crippen MR) is 66.1 cm³/mol. The number of aromatic amines is 1. The van der Waals surface area contributed by atoms with Gasteiger partial charge in [-0.05, 0) is 23.9 Å². The van der Waals surface area contributed by atoms with Crippen LogP contribution in [-0.4, -0.2) is 31.1 Å². The maximum Gasteiger partial charge on any atom is 0.284 e. The summed E-state index contributed by atoms with van der Waals surface area (Å²) in [5.41, 5.74) is 5.49. The van der Waals surface area contributed by atoms with Crippen molar-refractivity contribution < 1.29 is 10.1 Å². The van der Waals surface area contributed by atoms with Crippen LogP contribution in [0, 0.1) is 10.1 Å². The molecule has 0 fully saturated rings. The highest BCUT2D eigenvalue weighted by molar-refractivity contribution is 7.99. The van der Waals surface area contributed by atoms with Crippen LogP contribution in [0.3, 0.4) is 0 Å². The second-order valence-electron chi connectivity index (χ2n) is 3.32. The number of nitro benzene ring substituents is 1. The number of nitrogens with zero attached hydrogens (tertiary/aromatic N) is 4. The van der Waals surface area contributed by atoms with Crippen molar-refractivity contribution in [2.24, 2.45) is 10.9 Å². The van der Waals surface area contributed by atoms with Crippen molar-refractivity contribution in [2.75, 3.05) is 0 Å². The lowest BCUT2D eigenvalue weighted by Gasteiger charge is -2.03. The molecule has 0 bridgehead atoms. The number of H-pyrrole nitrogens is 1. The Morgan fingerprint density at radius 2 is 2.37 bits per heavy atom. The molecular formula is C9H8N6O3S. The van der Waals surface area contributed by atoms with E-state index in [1.165, 1.54) is 24.5 Å². The van der Waals surface area contributed by atoms with Crippen molar-refractivity contribution in [3.8, 4) is 0 Å². The topological polar surface area (TPSA) is 143 Å². The number of rotatable bonds is 4. The Balaban J connectivity index is 2.41. The van der Waals surface area contributed by atoms with Crippen molar-refractivity contribution in [3.63, 3.8) is 0 Å². The summed E-state index contributed by atoms with van der Waals surface area (Å²) in [6.45, 7) is 0. The number of nitrogens with two attached hydrogens (primary N) is 1. The van der Waals surface area contributed by atoms with E-state index in [1.807, 2.05) is 0 Å². The zero-order valence-electron chi connectivity index (χ0n) is 9.35. The number of aromatic nitrogens is 3. The highest BCUT2D eigenvalue weighted by Gasteiger charge is 2.18. The number of nitro groups is 1. The molecule has 0 aliphatic rings. The maximum absolute atomic E-state index is 11.0. The van der Waals surface area contributed by atoms with Crippen LogP contribution < -0.4 is 5.73 Å². The summed E-state index contributed by atoms with van der Waals surface area (Å²) in [5, 5.41) is 29.1. The molecule has 0 aliphatic carbocycles. The third kappa shape index (κ3) is 2.80. The third-order valence-corrected chi connectivity index (χ3v) is 3.11. The largest absolute Gasteiger partial charge is 0.409 e. The molecule has 19 heavy (non-hydrogen) atoms. The molecule has 1 heterocycles. The van der Waals surface area contributed by atoms with Gasteiger partial charge in [-0.15, -0.1) is 0 Å². The van der Waals surface area contributed by atoms with Crippen molar-refractivity contribution in [1.29, 1.82) is 0 Å². The van der Waals surface area contributed by atoms with Crippen LogP contribution >= 0.6 is 11.8 Å². The van der Waals surface area contributed by atoms with Crippen molar-refractivity contribution in [2.45, 2.75) is 10.1 Å². The average Bonchev–Trinajstić information content (AvgIpc) is 2.91. The molecule has 0 atom stereocenters. The van der Waals surface area contributed by atoms with Gasteiger partial charge in [-0.25, -0.2) is 4.98 Å². The van der Waals surface area contributed by atoms with Gasteiger partial charge < -0.3 is 10.9 Å². The van der Waals surface area contributed by atoms with E-state index in [-0.39, 0.29) is 17.1 Å². The van der Waals surface area contributed by atoms with Gasteiger partial charge in [-0.3, -0.25) is 15.2 Å². The lowest BCUT2D eigenvalue weighted by atomic mass is 10.2. The molecule has 2 rings (SSSR count). The van der Waals surface area contributed by atoms with E-state index in [4.69, 9.17) is 10.9 Å². The van der Waals surface area contributed by atoms with Crippen molar-refractivity contribution in [1.82, 2.24) is 15.2 Å². The molecule has 10 heteroatoms. The van der Waals surface area contributed by atoms with Gasteiger partial charge in [0.1, 0.15) is 6.33 Å². The molecule has 9 nitrogen and oxygen atoms in total. The van der Waals surface area contributed by atoms with Crippen LogP contribution in [0.4, 0.5) is 5.69 Å². The minimum absolute atomic E-state index is 0.162. The van der Waals surface area contributed by atoms with Gasteiger partial charge in [-0.2, -0.15) is 5.10 Å². The zero-order valence-corrected chi connectivity index (χ0v) is 10.2. The Morgan fingerprint density at radius 3 is 2.95 bits per heavy atom. The summed E-state index contributed by atoms with van der Waals surface area (Å²) in [4.78, 5) is 14.7. The number of amidine groups is 1. The van der Waals surface area contributed by atoms with Gasteiger partial charge >= 0.3 is 0 Å². The molecular weight excluding hydrogens is 272 g/mol. The summed E-state index contributed by atoms with van der Waals surface area (Å²) >= 11 is 1.06. The van der Waals surface area contributed by atoms with E-state index in [9.17, 15) is 10.1 Å². The van der Waals surface area contributed by atoms with Gasteiger partial charge in [0, 0.05) is 11.6 Å². The Hall–Kier alpha value is -2.62. The molecule has 0 saturated carbocycles. The molecule has 0 amide bonds.